The van der Waals surface area contributed by atoms with Gasteiger partial charge in [0.1, 0.15) is 17.3 Å². The lowest BCUT2D eigenvalue weighted by Gasteiger charge is -2.15. The molecule has 2 aromatic heterocycles. The maximum atomic E-state index is 14.6. The number of H-pyrrole nitrogens is 1. The summed E-state index contributed by atoms with van der Waals surface area (Å²) in [5, 5.41) is 3.43. The fraction of sp³-hybridized carbons (Fsp3) is 0.211. The van der Waals surface area contributed by atoms with Gasteiger partial charge < -0.3 is 20.8 Å². The van der Waals surface area contributed by atoms with Crippen molar-refractivity contribution in [3.63, 3.8) is 0 Å². The number of rotatable bonds is 6. The van der Waals surface area contributed by atoms with Crippen molar-refractivity contribution in [2.75, 3.05) is 0 Å². The van der Waals surface area contributed by atoms with Crippen LogP contribution in [-0.4, -0.2) is 27.8 Å². The number of halogens is 1. The van der Waals surface area contributed by atoms with E-state index in [0.717, 1.165) is 18.9 Å². The van der Waals surface area contributed by atoms with Gasteiger partial charge in [-0.2, -0.15) is 0 Å². The monoisotopic (exact) mass is 368 g/mol. The van der Waals surface area contributed by atoms with Crippen molar-refractivity contribution in [2.24, 2.45) is 5.73 Å². The Morgan fingerprint density at radius 1 is 1.26 bits per heavy atom. The van der Waals surface area contributed by atoms with Crippen LogP contribution in [0.2, 0.25) is 0 Å². The lowest BCUT2D eigenvalue weighted by Crippen LogP contribution is -2.38. The highest BCUT2D eigenvalue weighted by Gasteiger charge is 2.32. The molecular formula is C19H17FN4O3. The van der Waals surface area contributed by atoms with Crippen LogP contribution >= 0.6 is 0 Å². The Labute approximate surface area is 153 Å². The second kappa shape index (κ2) is 6.71. The van der Waals surface area contributed by atoms with Gasteiger partial charge in [0.2, 0.25) is 11.8 Å². The molecule has 7 nitrogen and oxygen atoms in total. The van der Waals surface area contributed by atoms with E-state index >= 15 is 0 Å². The number of nitrogens with one attached hydrogen (secondary N) is 2. The minimum absolute atomic E-state index is 0.0294. The molecule has 27 heavy (non-hydrogen) atoms. The van der Waals surface area contributed by atoms with Crippen molar-refractivity contribution in [3.05, 3.63) is 54.1 Å². The minimum Gasteiger partial charge on any atom is -0.453 e. The van der Waals surface area contributed by atoms with Crippen LogP contribution in [-0.2, 0) is 9.59 Å². The van der Waals surface area contributed by atoms with Gasteiger partial charge in [-0.05, 0) is 42.7 Å². The van der Waals surface area contributed by atoms with Crippen LogP contribution in [0.3, 0.4) is 0 Å². The molecule has 1 saturated carbocycles. The number of hydrogen-bond acceptors (Lipinski definition) is 4. The van der Waals surface area contributed by atoms with E-state index in [4.69, 9.17) is 10.5 Å². The minimum atomic E-state index is -1.24. The predicted molar refractivity (Wildman–Crippen MR) is 95.7 cm³/mol. The third-order valence-electron chi connectivity index (χ3n) is 4.40. The Bertz CT molecular complexity index is 1030. The normalized spacial score (nSPS) is 14.7. The fourth-order valence-corrected chi connectivity index (χ4v) is 2.88. The molecule has 0 aliphatic heterocycles. The van der Waals surface area contributed by atoms with Gasteiger partial charge in [-0.3, -0.25) is 9.59 Å². The molecule has 1 fully saturated rings. The van der Waals surface area contributed by atoms with Gasteiger partial charge in [0.25, 0.3) is 0 Å². The lowest BCUT2D eigenvalue weighted by atomic mass is 9.97. The maximum absolute atomic E-state index is 14.6. The van der Waals surface area contributed by atoms with Crippen molar-refractivity contribution in [1.82, 2.24) is 15.3 Å². The van der Waals surface area contributed by atoms with Gasteiger partial charge in [0.05, 0.1) is 5.39 Å². The molecule has 0 bridgehead atoms. The Hall–Kier alpha value is -3.42. The number of aromatic amines is 1. The van der Waals surface area contributed by atoms with E-state index in [1.807, 2.05) is 0 Å². The van der Waals surface area contributed by atoms with E-state index in [1.165, 1.54) is 12.1 Å². The number of primary amides is 1. The van der Waals surface area contributed by atoms with Crippen LogP contribution < -0.4 is 15.8 Å². The van der Waals surface area contributed by atoms with Gasteiger partial charge in [-0.25, -0.2) is 9.37 Å². The zero-order valence-corrected chi connectivity index (χ0v) is 14.2. The first-order valence-electron chi connectivity index (χ1n) is 8.52. The number of ether oxygens (including phenoxy) is 1. The summed E-state index contributed by atoms with van der Waals surface area (Å²) in [4.78, 5) is 31.1. The highest BCUT2D eigenvalue weighted by atomic mass is 19.1. The summed E-state index contributed by atoms with van der Waals surface area (Å²) in [5.74, 6) is -2.88. The number of carbonyl (C=O) groups is 2. The Balaban J connectivity index is 1.60. The first-order valence-corrected chi connectivity index (χ1v) is 8.52. The van der Waals surface area contributed by atoms with Crippen molar-refractivity contribution in [3.8, 4) is 11.5 Å². The first kappa shape index (κ1) is 17.0. The number of carbonyl (C=O) groups excluding carboxylic acids is 2. The third kappa shape index (κ3) is 3.46. The second-order valence-corrected chi connectivity index (χ2v) is 6.46. The first-order chi connectivity index (χ1) is 13.0. The summed E-state index contributed by atoms with van der Waals surface area (Å²) in [6.45, 7) is 0. The zero-order valence-electron chi connectivity index (χ0n) is 14.2. The Morgan fingerprint density at radius 2 is 2.07 bits per heavy atom. The van der Waals surface area contributed by atoms with Crippen LogP contribution in [0, 0.1) is 5.82 Å². The van der Waals surface area contributed by atoms with Crippen molar-refractivity contribution >= 4 is 22.8 Å². The molecule has 1 unspecified atom stereocenters. The van der Waals surface area contributed by atoms with E-state index < -0.39 is 23.5 Å². The van der Waals surface area contributed by atoms with Crippen LogP contribution in [0.25, 0.3) is 11.0 Å². The number of nitrogens with two attached hydrogens (primary N) is 1. The van der Waals surface area contributed by atoms with Crippen LogP contribution in [0.1, 0.15) is 24.3 Å². The molecule has 8 heteroatoms. The Morgan fingerprint density at radius 3 is 2.78 bits per heavy atom. The van der Waals surface area contributed by atoms with E-state index in [1.54, 1.807) is 24.5 Å². The largest absolute Gasteiger partial charge is 0.453 e. The molecule has 138 valence electrons. The predicted octanol–water partition coefficient (Wildman–Crippen LogP) is 2.34. The molecule has 2 amide bonds. The highest BCUT2D eigenvalue weighted by Crippen LogP contribution is 2.31. The van der Waals surface area contributed by atoms with Gasteiger partial charge in [-0.15, -0.1) is 0 Å². The number of pyridine rings is 1. The topological polar surface area (TPSA) is 110 Å². The Kier molecular flexibility index (Phi) is 4.23. The molecule has 4 rings (SSSR count). The summed E-state index contributed by atoms with van der Waals surface area (Å²) >= 11 is 0. The molecule has 0 spiro atoms. The van der Waals surface area contributed by atoms with Crippen LogP contribution in [0.15, 0.2) is 42.7 Å². The average Bonchev–Trinajstić information content (AvgIpc) is 3.29. The van der Waals surface area contributed by atoms with Crippen molar-refractivity contribution in [1.29, 1.82) is 0 Å². The zero-order chi connectivity index (χ0) is 19.0. The quantitative estimate of drug-likeness (QED) is 0.580. The molecule has 1 atom stereocenters. The number of aromatic nitrogens is 2. The summed E-state index contributed by atoms with van der Waals surface area (Å²) < 4.78 is 20.3. The summed E-state index contributed by atoms with van der Waals surface area (Å²) in [6, 6.07) is 7.42. The fourth-order valence-electron chi connectivity index (χ4n) is 2.88. The van der Waals surface area contributed by atoms with Gasteiger partial charge in [0, 0.05) is 18.4 Å². The second-order valence-electron chi connectivity index (χ2n) is 6.46. The molecule has 1 aliphatic rings. The molecule has 1 aromatic carbocycles. The number of benzene rings is 1. The molecule has 2 heterocycles. The van der Waals surface area contributed by atoms with E-state index in [-0.39, 0.29) is 17.4 Å². The lowest BCUT2D eigenvalue weighted by molar-refractivity contribution is -0.130. The SMILES string of the molecule is NC(=O)C(C(=O)NC1CC1)c1ccc(Oc2ccnc3[nH]ccc23)c(F)c1. The molecular weight excluding hydrogens is 351 g/mol. The summed E-state index contributed by atoms with van der Waals surface area (Å²) in [7, 11) is 0. The summed E-state index contributed by atoms with van der Waals surface area (Å²) in [5.41, 5.74) is 6.17. The van der Waals surface area contributed by atoms with E-state index in [0.29, 0.717) is 16.8 Å². The number of hydrogen-bond donors (Lipinski definition) is 3. The van der Waals surface area contributed by atoms with Crippen LogP contribution in [0.5, 0.6) is 11.5 Å². The van der Waals surface area contributed by atoms with Crippen molar-refractivity contribution < 1.29 is 18.7 Å². The number of nitrogens with zero attached hydrogens (tertiary/aromatic N) is 1. The van der Waals surface area contributed by atoms with E-state index in [2.05, 4.69) is 15.3 Å². The van der Waals surface area contributed by atoms with Gasteiger partial charge in [-0.1, -0.05) is 6.07 Å². The molecule has 4 N–H and O–H groups in total. The van der Waals surface area contributed by atoms with Gasteiger partial charge >= 0.3 is 0 Å². The smallest absolute Gasteiger partial charge is 0.237 e. The molecule has 0 radical (unpaired) electrons. The van der Waals surface area contributed by atoms with E-state index in [9.17, 15) is 14.0 Å². The number of fused-ring (bicyclic) bond motifs is 1. The third-order valence-corrected chi connectivity index (χ3v) is 4.40. The number of amides is 2. The highest BCUT2D eigenvalue weighted by molar-refractivity contribution is 6.05. The van der Waals surface area contributed by atoms with Crippen LogP contribution in [0.4, 0.5) is 4.39 Å². The standard InChI is InChI=1S/C19H17FN4O3/c20-13-9-10(16(17(21)25)19(26)24-11-2-3-11)1-4-15(13)27-14-6-8-23-18-12(14)5-7-22-18/h1,4-9,11,16H,2-3H2,(H2,21,25)(H,22,23)(H,24,26). The maximum Gasteiger partial charge on any atom is 0.237 e. The van der Waals surface area contributed by atoms with Gasteiger partial charge in [0.15, 0.2) is 11.6 Å². The van der Waals surface area contributed by atoms with Crippen molar-refractivity contribution in [2.45, 2.75) is 24.8 Å². The molecule has 3 aromatic rings. The average molecular weight is 368 g/mol. The molecule has 0 saturated heterocycles. The molecule has 1 aliphatic carbocycles. The summed E-state index contributed by atoms with van der Waals surface area (Å²) in [6.07, 6.45) is 5.00.